The number of anilines is 3. The number of fused-ring (bicyclic) bond motifs is 2. The summed E-state index contributed by atoms with van der Waals surface area (Å²) in [6, 6.07) is 3.61. The number of aromatic hydroxyl groups is 2. The molecule has 2 aromatic carbocycles. The quantitative estimate of drug-likeness (QED) is 0.222. The Kier molecular flexibility index (Phi) is 4.51. The van der Waals surface area contributed by atoms with Gasteiger partial charge in [0.2, 0.25) is 20.0 Å². The monoisotopic (exact) mass is 471 g/mol. The number of phenolic OH excluding ortho intramolecular Hbond substituents is 2. The zero-order valence-electron chi connectivity index (χ0n) is 15.8. The maximum atomic E-state index is 12.9. The molecule has 1 amide bonds. The largest absolute Gasteiger partial charge is 0.864 e. The van der Waals surface area contributed by atoms with Crippen LogP contribution in [0.2, 0.25) is 0 Å². The van der Waals surface area contributed by atoms with E-state index in [0.717, 1.165) is 24.6 Å². The lowest BCUT2D eigenvalue weighted by Crippen LogP contribution is -2.35. The Morgan fingerprint density at radius 1 is 0.935 bits per heavy atom. The minimum atomic E-state index is -3.86. The van der Waals surface area contributed by atoms with Crippen LogP contribution >= 0.6 is 0 Å². The van der Waals surface area contributed by atoms with Crippen LogP contribution in [0, 0.1) is 0 Å². The molecule has 0 fully saturated rings. The van der Waals surface area contributed by atoms with Gasteiger partial charge in [0.25, 0.3) is 5.91 Å². The molecule has 164 valence electrons. The average Bonchev–Trinajstić information content (AvgIpc) is 2.91. The predicted octanol–water partition coefficient (Wildman–Crippen LogP) is 0.242. The zero-order valence-corrected chi connectivity index (χ0v) is 17.4. The fourth-order valence-corrected chi connectivity index (χ4v) is 4.07. The highest BCUT2D eigenvalue weighted by molar-refractivity contribution is 7.92. The molecule has 3 bridgehead atoms. The van der Waals surface area contributed by atoms with Crippen LogP contribution in [-0.2, 0) is 20.0 Å². The predicted molar refractivity (Wildman–Crippen MR) is 109 cm³/mol. The first-order valence-corrected chi connectivity index (χ1v) is 12.1. The van der Waals surface area contributed by atoms with Gasteiger partial charge in [-0.05, 0) is 18.2 Å². The molecule has 16 heteroatoms. The number of amides is 1. The molecule has 0 spiro atoms. The molecule has 4 rings (SSSR count). The van der Waals surface area contributed by atoms with Crippen molar-refractivity contribution in [2.45, 2.75) is 0 Å². The first-order chi connectivity index (χ1) is 14.3. The van der Waals surface area contributed by atoms with Crippen molar-refractivity contribution in [3.8, 4) is 28.7 Å². The summed E-state index contributed by atoms with van der Waals surface area (Å²) in [5.74, 6) is -2.60. The highest BCUT2D eigenvalue weighted by Gasteiger charge is 2.51. The maximum absolute atomic E-state index is 12.9. The van der Waals surface area contributed by atoms with Crippen LogP contribution in [0.1, 0.15) is 10.4 Å². The van der Waals surface area contributed by atoms with Crippen molar-refractivity contribution < 1.29 is 45.8 Å². The molecule has 0 aliphatic carbocycles. The van der Waals surface area contributed by atoms with Crippen molar-refractivity contribution >= 4 is 50.3 Å². The summed E-state index contributed by atoms with van der Waals surface area (Å²) >= 11 is 0. The van der Waals surface area contributed by atoms with Gasteiger partial charge in [0.15, 0.2) is 17.2 Å². The van der Waals surface area contributed by atoms with E-state index in [1.165, 1.54) is 6.07 Å². The third-order valence-corrected chi connectivity index (χ3v) is 5.21. The molecule has 2 aliphatic heterocycles. The lowest BCUT2D eigenvalue weighted by molar-refractivity contribution is 0.102. The number of sulfonamides is 2. The van der Waals surface area contributed by atoms with Gasteiger partial charge in [-0.15, -0.1) is 0 Å². The molecule has 5 N–H and O–H groups in total. The number of carbonyl (C=O) groups is 1. The van der Waals surface area contributed by atoms with E-state index in [0.29, 0.717) is 0 Å². The zero-order chi connectivity index (χ0) is 22.7. The van der Waals surface area contributed by atoms with Crippen LogP contribution in [0.4, 0.5) is 17.1 Å². The van der Waals surface area contributed by atoms with Crippen LogP contribution in [0.3, 0.4) is 0 Å². The van der Waals surface area contributed by atoms with E-state index in [9.17, 15) is 31.8 Å². The molecule has 0 saturated heterocycles. The van der Waals surface area contributed by atoms with Gasteiger partial charge in [-0.1, -0.05) is 0 Å². The summed E-state index contributed by atoms with van der Waals surface area (Å²) in [4.78, 5) is 12.9. The van der Waals surface area contributed by atoms with Gasteiger partial charge in [0, 0.05) is 5.69 Å². The molecule has 2 aromatic rings. The minimum Gasteiger partial charge on any atom is -0.506 e. The molecule has 0 unspecified atom stereocenters. The molecule has 2 heterocycles. The summed E-state index contributed by atoms with van der Waals surface area (Å²) in [5.41, 5.74) is -0.769. The van der Waals surface area contributed by atoms with Crippen LogP contribution in [-0.4, -0.2) is 52.8 Å². The maximum Gasteiger partial charge on any atom is 0.864 e. The van der Waals surface area contributed by atoms with E-state index >= 15 is 0 Å². The normalized spacial score (nSPS) is 13.8. The molecule has 0 saturated carbocycles. The number of phenols is 2. The minimum absolute atomic E-state index is 0.0791. The molecular weight excluding hydrogens is 457 g/mol. The summed E-state index contributed by atoms with van der Waals surface area (Å²) in [5, 5.41) is 22.6. The third kappa shape index (κ3) is 3.94. The van der Waals surface area contributed by atoms with Gasteiger partial charge >= 0.3 is 7.32 Å². The second-order valence-electron chi connectivity index (χ2n) is 6.66. The molecule has 13 nitrogen and oxygen atoms in total. The van der Waals surface area contributed by atoms with Gasteiger partial charge in [-0.2, -0.15) is 0 Å². The van der Waals surface area contributed by atoms with Gasteiger partial charge in [-0.25, -0.2) is 16.8 Å². The second kappa shape index (κ2) is 6.74. The Hall–Kier alpha value is -3.53. The molecule has 31 heavy (non-hydrogen) atoms. The summed E-state index contributed by atoms with van der Waals surface area (Å²) < 4.78 is 66.2. The number of carbonyl (C=O) groups excluding carboxylic acids is 1. The van der Waals surface area contributed by atoms with Crippen molar-refractivity contribution in [1.29, 1.82) is 0 Å². The molecule has 0 atom stereocenters. The lowest BCUT2D eigenvalue weighted by Gasteiger charge is -2.21. The number of benzene rings is 2. The first-order valence-electron chi connectivity index (χ1n) is 8.35. The molecular formula is C15H14BN3O10S2. The third-order valence-electron chi connectivity index (χ3n) is 4.05. The smallest absolute Gasteiger partial charge is 0.506 e. The Morgan fingerprint density at radius 2 is 1.55 bits per heavy atom. The lowest BCUT2D eigenvalue weighted by atomic mass is 10.1. The van der Waals surface area contributed by atoms with Crippen LogP contribution < -0.4 is 28.7 Å². The van der Waals surface area contributed by atoms with Gasteiger partial charge in [0.05, 0.1) is 18.2 Å². The molecule has 0 aromatic heterocycles. The standard InChI is InChI=1S/C15H14BN3O10S2/c1-30(23,24)18-7-5-6(3-4-8(7)20)17-15(22)9-12-10(19-31(2,25)26)11(21)14-13(9)28-16(27-12)29-14/h3-5,18-21H,1-2H3,(H,17,22). The van der Waals surface area contributed by atoms with E-state index in [2.05, 4.69) is 14.8 Å². The van der Waals surface area contributed by atoms with Crippen molar-refractivity contribution in [1.82, 2.24) is 0 Å². The van der Waals surface area contributed by atoms with Gasteiger partial charge < -0.3 is 29.5 Å². The SMILES string of the molecule is CS(=O)(=O)Nc1cc(NC(=O)c2c3c(NS(C)(=O)=O)c(O)c4c2OB(O4)O3)ccc1O. The van der Waals surface area contributed by atoms with Crippen LogP contribution in [0.25, 0.3) is 0 Å². The summed E-state index contributed by atoms with van der Waals surface area (Å²) in [7, 11) is -8.87. The van der Waals surface area contributed by atoms with E-state index < -0.39 is 44.7 Å². The fourth-order valence-electron chi connectivity index (χ4n) is 2.95. The molecule has 0 radical (unpaired) electrons. The van der Waals surface area contributed by atoms with Crippen LogP contribution in [0.15, 0.2) is 18.2 Å². The van der Waals surface area contributed by atoms with E-state index in [-0.39, 0.29) is 39.9 Å². The molecule has 2 aliphatic rings. The van der Waals surface area contributed by atoms with E-state index in [1.54, 1.807) is 0 Å². The Bertz CT molecular complexity index is 1340. The Morgan fingerprint density at radius 3 is 2.19 bits per heavy atom. The summed E-state index contributed by atoms with van der Waals surface area (Å²) in [6.07, 6.45) is 1.73. The van der Waals surface area contributed by atoms with Crippen molar-refractivity contribution in [3.05, 3.63) is 23.8 Å². The topological polar surface area (TPSA) is 190 Å². The van der Waals surface area contributed by atoms with Gasteiger partial charge in [-0.3, -0.25) is 14.2 Å². The Labute approximate surface area is 176 Å². The Balaban J connectivity index is 1.74. The fraction of sp³-hybridized carbons (Fsp3) is 0.133. The van der Waals surface area contributed by atoms with Crippen molar-refractivity contribution in [3.63, 3.8) is 0 Å². The number of hydrogen-bond donors (Lipinski definition) is 5. The van der Waals surface area contributed by atoms with E-state index in [4.69, 9.17) is 14.0 Å². The van der Waals surface area contributed by atoms with Crippen molar-refractivity contribution in [2.75, 3.05) is 27.3 Å². The van der Waals surface area contributed by atoms with E-state index in [1.807, 2.05) is 0 Å². The van der Waals surface area contributed by atoms with Crippen LogP contribution in [0.5, 0.6) is 28.7 Å². The highest BCUT2D eigenvalue weighted by Crippen LogP contribution is 2.57. The second-order valence-corrected chi connectivity index (χ2v) is 10.2. The number of hydrogen-bond acceptors (Lipinski definition) is 10. The number of nitrogens with one attached hydrogen (secondary N) is 3. The average molecular weight is 471 g/mol. The first kappa shape index (κ1) is 20.7. The summed E-state index contributed by atoms with van der Waals surface area (Å²) in [6.45, 7) is 0. The number of rotatable bonds is 6. The van der Waals surface area contributed by atoms with Crippen molar-refractivity contribution in [2.24, 2.45) is 0 Å². The van der Waals surface area contributed by atoms with Gasteiger partial charge in [0.1, 0.15) is 22.7 Å². The highest BCUT2D eigenvalue weighted by atomic mass is 32.2.